The maximum atomic E-state index is 6.00. The number of hydrogen-bond donors (Lipinski definition) is 1. The lowest BCUT2D eigenvalue weighted by molar-refractivity contribution is 0.381. The summed E-state index contributed by atoms with van der Waals surface area (Å²) in [4.78, 5) is 8.98. The van der Waals surface area contributed by atoms with Crippen molar-refractivity contribution >= 4 is 11.6 Å². The topological polar surface area (TPSA) is 44.9 Å². The molecule has 0 unspecified atom stereocenters. The van der Waals surface area contributed by atoms with Gasteiger partial charge < -0.3 is 15.5 Å². The van der Waals surface area contributed by atoms with Crippen LogP contribution in [0, 0.1) is 6.92 Å². The number of rotatable bonds is 3. The molecule has 0 aromatic heterocycles. The number of benzene rings is 1. The molecule has 0 atom stereocenters. The molecule has 2 rings (SSSR count). The van der Waals surface area contributed by atoms with E-state index in [9.17, 15) is 0 Å². The Bertz CT molecular complexity index is 434. The average Bonchev–Trinajstić information content (AvgIpc) is 2.45. The van der Waals surface area contributed by atoms with E-state index in [0.717, 1.165) is 39.1 Å². The molecule has 19 heavy (non-hydrogen) atoms. The highest BCUT2D eigenvalue weighted by Gasteiger charge is 2.18. The van der Waals surface area contributed by atoms with Crippen molar-refractivity contribution in [2.45, 2.75) is 20.3 Å². The van der Waals surface area contributed by atoms with Crippen molar-refractivity contribution in [1.82, 2.24) is 4.90 Å². The van der Waals surface area contributed by atoms with Crippen molar-refractivity contribution in [3.05, 3.63) is 29.8 Å². The van der Waals surface area contributed by atoms with Gasteiger partial charge in [0, 0.05) is 38.4 Å². The van der Waals surface area contributed by atoms with Gasteiger partial charge in [-0.3, -0.25) is 4.99 Å². The molecule has 1 heterocycles. The van der Waals surface area contributed by atoms with E-state index in [1.165, 1.54) is 11.3 Å². The Morgan fingerprint density at radius 1 is 1.26 bits per heavy atom. The largest absolute Gasteiger partial charge is 0.370 e. The molecule has 1 aliphatic rings. The summed E-state index contributed by atoms with van der Waals surface area (Å²) >= 11 is 0. The number of aryl methyl sites for hydroxylation is 1. The van der Waals surface area contributed by atoms with Crippen molar-refractivity contribution in [3.63, 3.8) is 0 Å². The molecule has 0 saturated carbocycles. The zero-order valence-corrected chi connectivity index (χ0v) is 12.0. The highest BCUT2D eigenvalue weighted by atomic mass is 15.3. The maximum absolute atomic E-state index is 6.00. The van der Waals surface area contributed by atoms with E-state index in [4.69, 9.17) is 5.73 Å². The van der Waals surface area contributed by atoms with Crippen LogP contribution in [0.15, 0.2) is 29.3 Å². The van der Waals surface area contributed by atoms with Crippen LogP contribution in [0.4, 0.5) is 5.69 Å². The molecule has 2 N–H and O–H groups in total. The zero-order valence-electron chi connectivity index (χ0n) is 12.0. The van der Waals surface area contributed by atoms with Crippen LogP contribution in [-0.2, 0) is 0 Å². The van der Waals surface area contributed by atoms with Crippen LogP contribution in [0.5, 0.6) is 0 Å². The number of nitrogens with zero attached hydrogens (tertiary/aromatic N) is 3. The summed E-state index contributed by atoms with van der Waals surface area (Å²) in [7, 11) is 0. The van der Waals surface area contributed by atoms with Crippen LogP contribution in [0.25, 0.3) is 0 Å². The van der Waals surface area contributed by atoms with Gasteiger partial charge in [0.2, 0.25) is 0 Å². The van der Waals surface area contributed by atoms with Crippen LogP contribution in [0.3, 0.4) is 0 Å². The fraction of sp³-hybridized carbons (Fsp3) is 0.533. The second-order valence-electron chi connectivity index (χ2n) is 5.05. The Kier molecular flexibility index (Phi) is 4.66. The van der Waals surface area contributed by atoms with E-state index in [0.29, 0.717) is 5.96 Å². The summed E-state index contributed by atoms with van der Waals surface area (Å²) in [6.45, 7) is 8.99. The van der Waals surface area contributed by atoms with Crippen LogP contribution >= 0.6 is 0 Å². The quantitative estimate of drug-likeness (QED) is 0.666. The fourth-order valence-corrected chi connectivity index (χ4v) is 2.34. The summed E-state index contributed by atoms with van der Waals surface area (Å²) in [5.41, 5.74) is 8.62. The third kappa shape index (κ3) is 3.63. The first-order chi connectivity index (χ1) is 9.20. The highest BCUT2D eigenvalue weighted by Crippen LogP contribution is 2.17. The van der Waals surface area contributed by atoms with Gasteiger partial charge in [0.15, 0.2) is 5.96 Å². The van der Waals surface area contributed by atoms with E-state index in [1.807, 2.05) is 0 Å². The summed E-state index contributed by atoms with van der Waals surface area (Å²) in [6, 6.07) is 8.67. The van der Waals surface area contributed by atoms with E-state index < -0.39 is 0 Å². The Hall–Kier alpha value is -1.71. The monoisotopic (exact) mass is 260 g/mol. The molecule has 1 aromatic rings. The minimum atomic E-state index is 0.700. The van der Waals surface area contributed by atoms with Crippen LogP contribution in [0.2, 0.25) is 0 Å². The highest BCUT2D eigenvalue weighted by molar-refractivity contribution is 5.78. The summed E-state index contributed by atoms with van der Waals surface area (Å²) in [5.74, 6) is 0.700. The van der Waals surface area contributed by atoms with Gasteiger partial charge in [-0.25, -0.2) is 0 Å². The van der Waals surface area contributed by atoms with Gasteiger partial charge in [0.25, 0.3) is 0 Å². The lowest BCUT2D eigenvalue weighted by atomic mass is 10.2. The molecule has 4 nitrogen and oxygen atoms in total. The second-order valence-corrected chi connectivity index (χ2v) is 5.05. The summed E-state index contributed by atoms with van der Waals surface area (Å²) < 4.78 is 0. The van der Waals surface area contributed by atoms with Crippen LogP contribution in [-0.4, -0.2) is 43.6 Å². The standard InChI is InChI=1S/C15H24N4/c1-3-7-17-15(16)19-10-8-18(9-11-19)14-6-4-5-13(2)12-14/h4-6,12H,3,7-11H2,1-2H3,(H2,16,17). The maximum Gasteiger partial charge on any atom is 0.191 e. The van der Waals surface area contributed by atoms with Crippen LogP contribution in [0.1, 0.15) is 18.9 Å². The first kappa shape index (κ1) is 13.7. The second kappa shape index (κ2) is 6.45. The first-order valence-corrected chi connectivity index (χ1v) is 7.07. The summed E-state index contributed by atoms with van der Waals surface area (Å²) in [5, 5.41) is 0. The van der Waals surface area contributed by atoms with Crippen LogP contribution < -0.4 is 10.6 Å². The minimum Gasteiger partial charge on any atom is -0.370 e. The van der Waals surface area contributed by atoms with E-state index in [-0.39, 0.29) is 0 Å². The molecule has 0 spiro atoms. The van der Waals surface area contributed by atoms with Gasteiger partial charge >= 0.3 is 0 Å². The predicted octanol–water partition coefficient (Wildman–Crippen LogP) is 1.84. The van der Waals surface area contributed by atoms with Crippen molar-refractivity contribution in [2.24, 2.45) is 10.7 Å². The third-order valence-corrected chi connectivity index (χ3v) is 3.47. The number of anilines is 1. The van der Waals surface area contributed by atoms with Gasteiger partial charge in [-0.15, -0.1) is 0 Å². The number of nitrogens with two attached hydrogens (primary N) is 1. The molecule has 1 saturated heterocycles. The van der Waals surface area contributed by atoms with Gasteiger partial charge in [0.05, 0.1) is 0 Å². The lowest BCUT2D eigenvalue weighted by Gasteiger charge is -2.36. The summed E-state index contributed by atoms with van der Waals surface area (Å²) in [6.07, 6.45) is 1.05. The SMILES string of the molecule is CCCN=C(N)N1CCN(c2cccc(C)c2)CC1. The molecule has 104 valence electrons. The zero-order chi connectivity index (χ0) is 13.7. The minimum absolute atomic E-state index is 0.700. The molecule has 1 aliphatic heterocycles. The normalized spacial score (nSPS) is 16.8. The first-order valence-electron chi connectivity index (χ1n) is 7.07. The molecule has 0 radical (unpaired) electrons. The predicted molar refractivity (Wildman–Crippen MR) is 81.7 cm³/mol. The van der Waals surface area contributed by atoms with Crippen molar-refractivity contribution < 1.29 is 0 Å². The van der Waals surface area contributed by atoms with Gasteiger partial charge in [-0.1, -0.05) is 19.1 Å². The van der Waals surface area contributed by atoms with Gasteiger partial charge in [0.1, 0.15) is 0 Å². The van der Waals surface area contributed by atoms with E-state index in [2.05, 4.69) is 52.9 Å². The van der Waals surface area contributed by atoms with E-state index in [1.54, 1.807) is 0 Å². The number of hydrogen-bond acceptors (Lipinski definition) is 2. The Morgan fingerprint density at radius 2 is 2.00 bits per heavy atom. The van der Waals surface area contributed by atoms with E-state index >= 15 is 0 Å². The lowest BCUT2D eigenvalue weighted by Crippen LogP contribution is -2.51. The molecule has 4 heteroatoms. The van der Waals surface area contributed by atoms with Gasteiger partial charge in [-0.05, 0) is 31.0 Å². The van der Waals surface area contributed by atoms with Crippen molar-refractivity contribution in [3.8, 4) is 0 Å². The Labute approximate surface area is 115 Å². The fourth-order valence-electron chi connectivity index (χ4n) is 2.34. The molecule has 0 aliphatic carbocycles. The molecule has 1 aromatic carbocycles. The molecular formula is C15H24N4. The number of aliphatic imine (C=N–C) groups is 1. The Morgan fingerprint density at radius 3 is 2.63 bits per heavy atom. The molecular weight excluding hydrogens is 236 g/mol. The Balaban J connectivity index is 1.92. The van der Waals surface area contributed by atoms with Gasteiger partial charge in [-0.2, -0.15) is 0 Å². The molecule has 0 bridgehead atoms. The number of guanidine groups is 1. The molecule has 0 amide bonds. The van der Waals surface area contributed by atoms with Crippen molar-refractivity contribution in [1.29, 1.82) is 0 Å². The smallest absolute Gasteiger partial charge is 0.191 e. The average molecular weight is 260 g/mol. The third-order valence-electron chi connectivity index (χ3n) is 3.47. The van der Waals surface area contributed by atoms with Crippen molar-refractivity contribution in [2.75, 3.05) is 37.6 Å². The molecule has 1 fully saturated rings. The number of piperazine rings is 1.